The number of Topliss-reactive ketones (excluding diaryl/α,β-unsaturated/α-hetero) is 1. The van der Waals surface area contributed by atoms with Gasteiger partial charge in [-0.25, -0.2) is 0 Å². The van der Waals surface area contributed by atoms with Crippen LogP contribution in [0, 0.1) is 6.92 Å². The fraction of sp³-hybridized carbons (Fsp3) is 0.192. The van der Waals surface area contributed by atoms with Crippen LogP contribution >= 0.6 is 0 Å². The van der Waals surface area contributed by atoms with Gasteiger partial charge >= 0.3 is 0 Å². The second kappa shape index (κ2) is 9.16. The van der Waals surface area contributed by atoms with Gasteiger partial charge in [-0.05, 0) is 36.8 Å². The van der Waals surface area contributed by atoms with Gasteiger partial charge in [-0.3, -0.25) is 14.6 Å². The summed E-state index contributed by atoms with van der Waals surface area (Å²) in [6.07, 6.45) is 3.28. The lowest BCUT2D eigenvalue weighted by Crippen LogP contribution is -2.31. The molecule has 1 atom stereocenters. The van der Waals surface area contributed by atoms with E-state index in [-0.39, 0.29) is 12.1 Å². The number of carbonyl (C=O) groups is 2. The van der Waals surface area contributed by atoms with Gasteiger partial charge in [0.25, 0.3) is 5.91 Å². The van der Waals surface area contributed by atoms with Crippen LogP contribution in [0.5, 0.6) is 11.5 Å². The van der Waals surface area contributed by atoms with Gasteiger partial charge in [0.05, 0.1) is 25.8 Å². The van der Waals surface area contributed by atoms with E-state index < -0.39 is 23.5 Å². The minimum Gasteiger partial charge on any atom is -0.503 e. The molecule has 3 aromatic rings. The third-order valence-electron chi connectivity index (χ3n) is 5.67. The predicted octanol–water partition coefficient (Wildman–Crippen LogP) is 4.19. The highest BCUT2D eigenvalue weighted by molar-refractivity contribution is 6.16. The summed E-state index contributed by atoms with van der Waals surface area (Å²) in [6, 6.07) is 14.9. The summed E-state index contributed by atoms with van der Waals surface area (Å²) in [7, 11) is 3.04. The molecule has 0 spiro atoms. The maximum atomic E-state index is 13.6. The third kappa shape index (κ3) is 4.17. The maximum absolute atomic E-state index is 13.6. The maximum Gasteiger partial charge on any atom is 0.290 e. The van der Waals surface area contributed by atoms with Crippen LogP contribution in [-0.2, 0) is 11.3 Å². The molecule has 1 unspecified atom stereocenters. The quantitative estimate of drug-likeness (QED) is 0.550. The number of hydrogen-bond acceptors (Lipinski definition) is 6. The van der Waals surface area contributed by atoms with Gasteiger partial charge < -0.3 is 19.5 Å². The molecule has 0 bridgehead atoms. The van der Waals surface area contributed by atoms with Crippen molar-refractivity contribution in [3.8, 4) is 11.5 Å². The van der Waals surface area contributed by atoms with Crippen molar-refractivity contribution in [3.63, 3.8) is 0 Å². The number of carbonyl (C=O) groups excluding carboxylic acids is 2. The van der Waals surface area contributed by atoms with Crippen LogP contribution in [-0.4, -0.2) is 40.9 Å². The molecule has 2 heterocycles. The van der Waals surface area contributed by atoms with Crippen molar-refractivity contribution in [2.45, 2.75) is 19.5 Å². The number of aliphatic hydroxyl groups is 1. The summed E-state index contributed by atoms with van der Waals surface area (Å²) in [5.74, 6) is -0.630. The van der Waals surface area contributed by atoms with Crippen molar-refractivity contribution in [1.82, 2.24) is 9.88 Å². The molecule has 33 heavy (non-hydrogen) atoms. The Kier molecular flexibility index (Phi) is 6.13. The number of hydrogen-bond donors (Lipinski definition) is 1. The first-order chi connectivity index (χ1) is 15.9. The van der Waals surface area contributed by atoms with E-state index in [1.807, 2.05) is 25.1 Å². The van der Waals surface area contributed by atoms with Gasteiger partial charge in [0.15, 0.2) is 11.5 Å². The summed E-state index contributed by atoms with van der Waals surface area (Å²) < 4.78 is 10.9. The number of amides is 1. The van der Waals surface area contributed by atoms with E-state index in [4.69, 9.17) is 9.47 Å². The van der Waals surface area contributed by atoms with Gasteiger partial charge in [-0.2, -0.15) is 0 Å². The minimum absolute atomic E-state index is 0.000651. The number of ketones is 1. The van der Waals surface area contributed by atoms with Crippen LogP contribution < -0.4 is 9.47 Å². The van der Waals surface area contributed by atoms with Crippen molar-refractivity contribution in [2.75, 3.05) is 14.2 Å². The number of aromatic nitrogens is 1. The molecule has 7 heteroatoms. The van der Waals surface area contributed by atoms with Crippen LogP contribution in [0.15, 0.2) is 78.3 Å². The van der Waals surface area contributed by atoms with E-state index in [0.29, 0.717) is 22.6 Å². The lowest BCUT2D eigenvalue weighted by molar-refractivity contribution is -0.130. The van der Waals surface area contributed by atoms with Gasteiger partial charge in [0.1, 0.15) is 11.5 Å². The zero-order valence-corrected chi connectivity index (χ0v) is 18.6. The first-order valence-electron chi connectivity index (χ1n) is 10.4. The predicted molar refractivity (Wildman–Crippen MR) is 122 cm³/mol. The van der Waals surface area contributed by atoms with Crippen LogP contribution in [0.1, 0.15) is 33.1 Å². The molecular formula is C26H24N2O5. The van der Waals surface area contributed by atoms with E-state index in [2.05, 4.69) is 4.98 Å². The smallest absolute Gasteiger partial charge is 0.290 e. The number of ether oxygens (including phenoxy) is 2. The molecule has 1 aliphatic heterocycles. The van der Waals surface area contributed by atoms with Crippen molar-refractivity contribution in [1.29, 1.82) is 0 Å². The van der Waals surface area contributed by atoms with Crippen LogP contribution in [0.2, 0.25) is 0 Å². The Morgan fingerprint density at radius 1 is 1.09 bits per heavy atom. The highest BCUT2D eigenvalue weighted by Crippen LogP contribution is 2.44. The Balaban J connectivity index is 1.87. The fourth-order valence-electron chi connectivity index (χ4n) is 3.97. The minimum atomic E-state index is -0.878. The molecule has 0 fully saturated rings. The van der Waals surface area contributed by atoms with Gasteiger partial charge in [-0.1, -0.05) is 35.9 Å². The zero-order chi connectivity index (χ0) is 23.5. The van der Waals surface area contributed by atoms with Gasteiger partial charge in [0, 0.05) is 30.1 Å². The lowest BCUT2D eigenvalue weighted by atomic mass is 9.91. The summed E-state index contributed by atoms with van der Waals surface area (Å²) in [6.45, 7) is 2.07. The van der Waals surface area contributed by atoms with Crippen LogP contribution in [0.4, 0.5) is 0 Å². The number of rotatable bonds is 7. The molecule has 4 rings (SSSR count). The molecular weight excluding hydrogens is 420 g/mol. The summed E-state index contributed by atoms with van der Waals surface area (Å²) in [5, 5.41) is 10.9. The average molecular weight is 444 g/mol. The SMILES string of the molecule is COc1ccc(OC)c(C2C(C(=O)c3ccc(C)cc3)=C(O)C(=O)N2Cc2cccnc2)c1. The molecule has 7 nitrogen and oxygen atoms in total. The number of pyridine rings is 1. The Morgan fingerprint density at radius 2 is 1.85 bits per heavy atom. The molecule has 0 radical (unpaired) electrons. The number of methoxy groups -OCH3 is 2. The second-order valence-corrected chi connectivity index (χ2v) is 7.76. The summed E-state index contributed by atoms with van der Waals surface area (Å²) in [4.78, 5) is 32.4. The van der Waals surface area contributed by atoms with Gasteiger partial charge in [0.2, 0.25) is 0 Å². The lowest BCUT2D eigenvalue weighted by Gasteiger charge is -2.28. The van der Waals surface area contributed by atoms with E-state index >= 15 is 0 Å². The van der Waals surface area contributed by atoms with E-state index in [0.717, 1.165) is 11.1 Å². The molecule has 1 aromatic heterocycles. The highest BCUT2D eigenvalue weighted by atomic mass is 16.5. The van der Waals surface area contributed by atoms with E-state index in [1.165, 1.54) is 19.1 Å². The largest absolute Gasteiger partial charge is 0.503 e. The Labute approximate surface area is 191 Å². The van der Waals surface area contributed by atoms with Gasteiger partial charge in [-0.15, -0.1) is 0 Å². The Hall–Kier alpha value is -4.13. The van der Waals surface area contributed by atoms with Crippen LogP contribution in [0.25, 0.3) is 0 Å². The number of aryl methyl sites for hydroxylation is 1. The molecule has 0 aliphatic carbocycles. The Morgan fingerprint density at radius 3 is 2.48 bits per heavy atom. The van der Waals surface area contributed by atoms with Crippen molar-refractivity contribution in [2.24, 2.45) is 0 Å². The zero-order valence-electron chi connectivity index (χ0n) is 18.6. The fourth-order valence-corrected chi connectivity index (χ4v) is 3.97. The normalized spacial score (nSPS) is 15.7. The first-order valence-corrected chi connectivity index (χ1v) is 10.4. The molecule has 1 aliphatic rings. The van der Waals surface area contributed by atoms with E-state index in [9.17, 15) is 14.7 Å². The first kappa shape index (κ1) is 22.1. The standard InChI is InChI=1S/C26H24N2O5/c1-16-6-8-18(9-7-16)24(29)22-23(20-13-19(32-2)10-11-21(20)33-3)28(26(31)25(22)30)15-17-5-4-12-27-14-17/h4-14,23,30H,15H2,1-3H3. The summed E-state index contributed by atoms with van der Waals surface area (Å²) >= 11 is 0. The molecule has 0 saturated carbocycles. The third-order valence-corrected chi connectivity index (χ3v) is 5.67. The molecule has 1 amide bonds. The Bertz CT molecular complexity index is 1220. The average Bonchev–Trinajstić information content (AvgIpc) is 3.09. The topological polar surface area (TPSA) is 89.0 Å². The molecule has 2 aromatic carbocycles. The monoisotopic (exact) mass is 444 g/mol. The number of nitrogens with zero attached hydrogens (tertiary/aromatic N) is 2. The van der Waals surface area contributed by atoms with Crippen LogP contribution in [0.3, 0.4) is 0 Å². The van der Waals surface area contributed by atoms with Crippen molar-refractivity contribution < 1.29 is 24.2 Å². The molecule has 1 N–H and O–H groups in total. The van der Waals surface area contributed by atoms with Crippen molar-refractivity contribution in [3.05, 3.63) is 101 Å². The van der Waals surface area contributed by atoms with Crippen molar-refractivity contribution >= 4 is 11.7 Å². The molecule has 168 valence electrons. The highest BCUT2D eigenvalue weighted by Gasteiger charge is 2.45. The summed E-state index contributed by atoms with van der Waals surface area (Å²) in [5.41, 5.74) is 2.67. The number of benzene rings is 2. The van der Waals surface area contributed by atoms with E-state index in [1.54, 1.807) is 48.8 Å². The second-order valence-electron chi connectivity index (χ2n) is 7.76. The molecule has 0 saturated heterocycles. The number of aliphatic hydroxyl groups excluding tert-OH is 1.